The zero-order chi connectivity index (χ0) is 26.1. The highest BCUT2D eigenvalue weighted by molar-refractivity contribution is 6.51. The van der Waals surface area contributed by atoms with E-state index >= 15 is 0 Å². The van der Waals surface area contributed by atoms with Crippen LogP contribution in [0.25, 0.3) is 16.5 Å². The number of aromatic hydroxyl groups is 1. The van der Waals surface area contributed by atoms with Crippen LogP contribution in [0, 0.1) is 0 Å². The van der Waals surface area contributed by atoms with E-state index in [0.717, 1.165) is 29.5 Å². The smallest absolute Gasteiger partial charge is 0.300 e. The number of rotatable bonds is 6. The molecule has 4 aromatic carbocycles. The summed E-state index contributed by atoms with van der Waals surface area (Å²) in [6.07, 6.45) is 0. The third-order valence-corrected chi connectivity index (χ3v) is 6.93. The van der Waals surface area contributed by atoms with Crippen LogP contribution in [0.15, 0.2) is 96.6 Å². The van der Waals surface area contributed by atoms with Crippen LogP contribution in [0.2, 0.25) is 0 Å². The van der Waals surface area contributed by atoms with Gasteiger partial charge >= 0.3 is 0 Å². The van der Waals surface area contributed by atoms with Gasteiger partial charge in [-0.3, -0.25) is 14.5 Å². The second kappa shape index (κ2) is 9.82. The molecule has 1 fully saturated rings. The third kappa shape index (κ3) is 4.20. The molecule has 6 nitrogen and oxygen atoms in total. The average molecular weight is 493 g/mol. The number of ketones is 1. The number of benzene rings is 4. The van der Waals surface area contributed by atoms with Crippen molar-refractivity contribution in [2.75, 3.05) is 22.9 Å². The molecule has 5 rings (SSSR count). The van der Waals surface area contributed by atoms with E-state index in [-0.39, 0.29) is 17.1 Å². The molecule has 1 aliphatic rings. The van der Waals surface area contributed by atoms with Crippen LogP contribution in [0.1, 0.15) is 31.0 Å². The van der Waals surface area contributed by atoms with Crippen molar-refractivity contribution in [3.63, 3.8) is 0 Å². The Labute approximate surface area is 215 Å². The molecule has 37 heavy (non-hydrogen) atoms. The van der Waals surface area contributed by atoms with E-state index in [1.807, 2.05) is 60.7 Å². The molecular formula is C31H28N2O4. The predicted octanol–water partition coefficient (Wildman–Crippen LogP) is 6.02. The lowest BCUT2D eigenvalue weighted by molar-refractivity contribution is -0.132. The molecular weight excluding hydrogens is 464 g/mol. The maximum Gasteiger partial charge on any atom is 0.300 e. The first-order valence-corrected chi connectivity index (χ1v) is 12.4. The van der Waals surface area contributed by atoms with Gasteiger partial charge in [-0.2, -0.15) is 0 Å². The lowest BCUT2D eigenvalue weighted by atomic mass is 9.93. The molecule has 1 amide bonds. The monoisotopic (exact) mass is 492 g/mol. The maximum atomic E-state index is 13.5. The summed E-state index contributed by atoms with van der Waals surface area (Å²) in [5.74, 6) is -1.74. The Bertz CT molecular complexity index is 1510. The molecule has 0 spiro atoms. The molecule has 4 aromatic rings. The van der Waals surface area contributed by atoms with Crippen LogP contribution in [0.5, 0.6) is 5.75 Å². The van der Waals surface area contributed by atoms with E-state index in [0.29, 0.717) is 16.8 Å². The number of phenolic OH excluding ortho intramolecular Hbond substituents is 1. The van der Waals surface area contributed by atoms with Gasteiger partial charge in [0.15, 0.2) is 0 Å². The molecule has 0 bridgehead atoms. The van der Waals surface area contributed by atoms with Gasteiger partial charge in [0.1, 0.15) is 11.5 Å². The van der Waals surface area contributed by atoms with Gasteiger partial charge in [0.2, 0.25) is 0 Å². The van der Waals surface area contributed by atoms with Crippen molar-refractivity contribution in [2.45, 2.75) is 19.9 Å². The molecule has 0 aromatic heterocycles. The van der Waals surface area contributed by atoms with Crippen molar-refractivity contribution in [1.29, 1.82) is 0 Å². The number of aliphatic hydroxyl groups excluding tert-OH is 1. The number of amides is 1. The fourth-order valence-electron chi connectivity index (χ4n) is 5.10. The first-order chi connectivity index (χ1) is 17.9. The van der Waals surface area contributed by atoms with Crippen molar-refractivity contribution < 1.29 is 19.8 Å². The zero-order valence-electron chi connectivity index (χ0n) is 20.8. The average Bonchev–Trinajstić information content (AvgIpc) is 3.19. The number of nitrogens with zero attached hydrogens (tertiary/aromatic N) is 2. The fourth-order valence-corrected chi connectivity index (χ4v) is 5.10. The summed E-state index contributed by atoms with van der Waals surface area (Å²) in [5, 5.41) is 23.5. The number of hydrogen-bond acceptors (Lipinski definition) is 5. The summed E-state index contributed by atoms with van der Waals surface area (Å²) in [6, 6.07) is 26.0. The minimum absolute atomic E-state index is 0.00475. The largest absolute Gasteiger partial charge is 0.508 e. The quantitative estimate of drug-likeness (QED) is 0.195. The number of carbonyl (C=O) groups excluding carboxylic acids is 2. The van der Waals surface area contributed by atoms with Gasteiger partial charge in [0.05, 0.1) is 11.6 Å². The molecule has 6 heteroatoms. The SMILES string of the molecule is CCN(CC)c1ccc(N2C(=O)C(=O)/C(=C(\O)c3cccc4ccccc34)C2c2cccc(O)c2)cc1. The summed E-state index contributed by atoms with van der Waals surface area (Å²) in [4.78, 5) is 30.6. The number of aliphatic hydroxyl groups is 1. The molecule has 1 aliphatic heterocycles. The molecule has 186 valence electrons. The third-order valence-electron chi connectivity index (χ3n) is 6.93. The number of Topliss-reactive ketones (excluding diaryl/α,β-unsaturated/α-hetero) is 1. The van der Waals surface area contributed by atoms with Crippen molar-refractivity contribution in [3.8, 4) is 5.75 Å². The molecule has 1 unspecified atom stereocenters. The number of anilines is 2. The van der Waals surface area contributed by atoms with E-state index in [2.05, 4.69) is 18.7 Å². The molecule has 0 saturated carbocycles. The summed E-state index contributed by atoms with van der Waals surface area (Å²) in [5.41, 5.74) is 2.52. The van der Waals surface area contributed by atoms with Gasteiger partial charge in [-0.15, -0.1) is 0 Å². The first kappa shape index (κ1) is 24.1. The van der Waals surface area contributed by atoms with Gasteiger partial charge in [-0.1, -0.05) is 54.6 Å². The Kier molecular flexibility index (Phi) is 6.40. The molecule has 1 saturated heterocycles. The summed E-state index contributed by atoms with van der Waals surface area (Å²) < 4.78 is 0. The summed E-state index contributed by atoms with van der Waals surface area (Å²) in [6.45, 7) is 5.83. The van der Waals surface area contributed by atoms with Crippen LogP contribution in [-0.4, -0.2) is 35.0 Å². The van der Waals surface area contributed by atoms with Crippen molar-refractivity contribution in [3.05, 3.63) is 108 Å². The van der Waals surface area contributed by atoms with E-state index < -0.39 is 17.7 Å². The van der Waals surface area contributed by atoms with Gasteiger partial charge in [0.25, 0.3) is 11.7 Å². The second-order valence-electron chi connectivity index (χ2n) is 8.98. The fraction of sp³-hybridized carbons (Fsp3) is 0.161. The molecule has 0 radical (unpaired) electrons. The van der Waals surface area contributed by atoms with Gasteiger partial charge < -0.3 is 15.1 Å². The number of fused-ring (bicyclic) bond motifs is 1. The van der Waals surface area contributed by atoms with Gasteiger partial charge in [0, 0.05) is 30.0 Å². The second-order valence-corrected chi connectivity index (χ2v) is 8.98. The maximum absolute atomic E-state index is 13.5. The molecule has 1 heterocycles. The van der Waals surface area contributed by atoms with Crippen LogP contribution in [-0.2, 0) is 9.59 Å². The minimum Gasteiger partial charge on any atom is -0.508 e. The number of phenols is 1. The first-order valence-electron chi connectivity index (χ1n) is 12.4. The Morgan fingerprint density at radius 1 is 0.865 bits per heavy atom. The Hall–Kier alpha value is -4.58. The highest BCUT2D eigenvalue weighted by Gasteiger charge is 2.47. The van der Waals surface area contributed by atoms with Crippen LogP contribution < -0.4 is 9.80 Å². The standard InChI is InChI=1S/C31H28N2O4/c1-3-32(4-2)22-15-17-23(18-16-22)33-28(21-11-7-12-24(34)19-21)27(30(36)31(33)37)29(35)26-14-8-10-20-9-5-6-13-25(20)26/h5-19,28,34-35H,3-4H2,1-2H3/b29-27-. The minimum atomic E-state index is -0.912. The van der Waals surface area contributed by atoms with Crippen LogP contribution >= 0.6 is 0 Å². The number of hydrogen-bond donors (Lipinski definition) is 2. The Balaban J connectivity index is 1.71. The van der Waals surface area contributed by atoms with E-state index in [9.17, 15) is 19.8 Å². The highest BCUT2D eigenvalue weighted by atomic mass is 16.3. The Morgan fingerprint density at radius 2 is 1.54 bits per heavy atom. The number of carbonyl (C=O) groups is 2. The zero-order valence-corrected chi connectivity index (χ0v) is 20.8. The highest BCUT2D eigenvalue weighted by Crippen LogP contribution is 2.43. The van der Waals surface area contributed by atoms with Crippen molar-refractivity contribution in [1.82, 2.24) is 0 Å². The van der Waals surface area contributed by atoms with E-state index in [1.54, 1.807) is 18.2 Å². The lowest BCUT2D eigenvalue weighted by Gasteiger charge is -2.27. The lowest BCUT2D eigenvalue weighted by Crippen LogP contribution is -2.29. The van der Waals surface area contributed by atoms with E-state index in [1.165, 1.54) is 17.0 Å². The van der Waals surface area contributed by atoms with Gasteiger partial charge in [-0.25, -0.2) is 0 Å². The molecule has 0 aliphatic carbocycles. The van der Waals surface area contributed by atoms with Crippen LogP contribution in [0.3, 0.4) is 0 Å². The topological polar surface area (TPSA) is 81.1 Å². The predicted molar refractivity (Wildman–Crippen MR) is 147 cm³/mol. The van der Waals surface area contributed by atoms with Crippen LogP contribution in [0.4, 0.5) is 11.4 Å². The van der Waals surface area contributed by atoms with Crippen molar-refractivity contribution in [2.24, 2.45) is 0 Å². The molecule has 2 N–H and O–H groups in total. The molecule has 1 atom stereocenters. The van der Waals surface area contributed by atoms with Crippen molar-refractivity contribution >= 4 is 39.6 Å². The summed E-state index contributed by atoms with van der Waals surface area (Å²) in [7, 11) is 0. The van der Waals surface area contributed by atoms with Gasteiger partial charge in [-0.05, 0) is 66.6 Å². The Morgan fingerprint density at radius 3 is 2.24 bits per heavy atom. The summed E-state index contributed by atoms with van der Waals surface area (Å²) >= 11 is 0. The normalized spacial score (nSPS) is 16.9. The van der Waals surface area contributed by atoms with E-state index in [4.69, 9.17) is 0 Å².